The summed E-state index contributed by atoms with van der Waals surface area (Å²) in [4.78, 5) is 30.4. The van der Waals surface area contributed by atoms with Gasteiger partial charge in [0.05, 0.1) is 12.3 Å². The molecule has 2 aromatic rings. The summed E-state index contributed by atoms with van der Waals surface area (Å²) in [6, 6.07) is 11.2. The summed E-state index contributed by atoms with van der Waals surface area (Å²) >= 11 is 5.96. The number of halogens is 1. The van der Waals surface area contributed by atoms with Gasteiger partial charge in [0.2, 0.25) is 5.91 Å². The predicted molar refractivity (Wildman–Crippen MR) is 112 cm³/mol. The maximum absolute atomic E-state index is 13.2. The number of pyridine rings is 1. The molecule has 1 aromatic heterocycles. The van der Waals surface area contributed by atoms with Gasteiger partial charge in [-0.2, -0.15) is 0 Å². The molecule has 1 unspecified atom stereocenters. The van der Waals surface area contributed by atoms with Gasteiger partial charge in [0.15, 0.2) is 0 Å². The number of carbonyl (C=O) groups is 2. The fourth-order valence-electron chi connectivity index (χ4n) is 4.02. The molecule has 3 N–H and O–H groups in total. The van der Waals surface area contributed by atoms with Crippen LogP contribution < -0.4 is 5.73 Å². The van der Waals surface area contributed by atoms with Crippen molar-refractivity contribution >= 4 is 23.5 Å². The Morgan fingerprint density at radius 1 is 1.24 bits per heavy atom. The number of amides is 1. The highest BCUT2D eigenvalue weighted by atomic mass is 35.5. The average Bonchev–Trinajstić information content (AvgIpc) is 2.69. The molecule has 3 rings (SSSR count). The normalized spacial score (nSPS) is 20.3. The molecular weight excluding hydrogens is 390 g/mol. The van der Waals surface area contributed by atoms with Gasteiger partial charge >= 0.3 is 5.97 Å². The third kappa shape index (κ3) is 6.02. The number of hydrogen-bond acceptors (Lipinski definition) is 4. The molecule has 7 heteroatoms. The van der Waals surface area contributed by atoms with Gasteiger partial charge in [-0.25, -0.2) is 0 Å². The van der Waals surface area contributed by atoms with Gasteiger partial charge in [0.25, 0.3) is 0 Å². The van der Waals surface area contributed by atoms with Gasteiger partial charge in [0.1, 0.15) is 0 Å². The first-order valence-electron chi connectivity index (χ1n) is 9.77. The van der Waals surface area contributed by atoms with Gasteiger partial charge in [-0.3, -0.25) is 14.6 Å². The standard InChI is InChI=1S/C22H26ClN3O3/c23-19-6-4-16(5-7-19)13-22(24)8-2-10-26(15-22)21(29)18(12-20(27)28)11-17-3-1-9-25-14-17/h1,3-7,9,14,18H,2,8,10-13,15,24H2,(H,27,28)/t18?,22-/m1/s1. The molecule has 1 aliphatic heterocycles. The molecule has 1 aromatic carbocycles. The third-order valence-corrected chi connectivity index (χ3v) is 5.62. The summed E-state index contributed by atoms with van der Waals surface area (Å²) in [7, 11) is 0. The largest absolute Gasteiger partial charge is 0.481 e. The van der Waals surface area contributed by atoms with Crippen LogP contribution in [-0.2, 0) is 22.4 Å². The van der Waals surface area contributed by atoms with Crippen molar-refractivity contribution in [3.05, 3.63) is 64.9 Å². The predicted octanol–water partition coefficient (Wildman–Crippen LogP) is 2.93. The monoisotopic (exact) mass is 415 g/mol. The Morgan fingerprint density at radius 3 is 2.66 bits per heavy atom. The van der Waals surface area contributed by atoms with Crippen molar-refractivity contribution in [1.29, 1.82) is 0 Å². The summed E-state index contributed by atoms with van der Waals surface area (Å²) in [5.41, 5.74) is 8.04. The number of aromatic nitrogens is 1. The van der Waals surface area contributed by atoms with E-state index in [1.807, 2.05) is 30.3 Å². The number of hydrogen-bond donors (Lipinski definition) is 2. The lowest BCUT2D eigenvalue weighted by molar-refractivity contribution is -0.145. The Labute approximate surface area is 175 Å². The Kier molecular flexibility index (Phi) is 6.87. The number of piperidine rings is 1. The van der Waals surface area contributed by atoms with E-state index in [0.717, 1.165) is 24.0 Å². The minimum Gasteiger partial charge on any atom is -0.481 e. The maximum atomic E-state index is 13.2. The Hall–Kier alpha value is -2.44. The van der Waals surface area contributed by atoms with E-state index in [-0.39, 0.29) is 12.3 Å². The summed E-state index contributed by atoms with van der Waals surface area (Å²) in [6.45, 7) is 1.01. The molecule has 0 spiro atoms. The Balaban J connectivity index is 1.71. The summed E-state index contributed by atoms with van der Waals surface area (Å²) in [5, 5.41) is 9.98. The van der Waals surface area contributed by atoms with Crippen molar-refractivity contribution in [2.24, 2.45) is 11.7 Å². The number of aliphatic carboxylic acids is 1. The molecule has 2 atom stereocenters. The third-order valence-electron chi connectivity index (χ3n) is 5.36. The van der Waals surface area contributed by atoms with Crippen LogP contribution in [0.4, 0.5) is 0 Å². The molecule has 1 aliphatic rings. The molecule has 1 amide bonds. The molecule has 0 aliphatic carbocycles. The highest BCUT2D eigenvalue weighted by Gasteiger charge is 2.36. The minimum absolute atomic E-state index is 0.151. The number of carbonyl (C=O) groups excluding carboxylic acids is 1. The summed E-state index contributed by atoms with van der Waals surface area (Å²) in [6.07, 6.45) is 5.71. The molecule has 29 heavy (non-hydrogen) atoms. The molecule has 1 saturated heterocycles. The van der Waals surface area contributed by atoms with Gasteiger partial charge < -0.3 is 15.7 Å². The van der Waals surface area contributed by atoms with E-state index >= 15 is 0 Å². The van der Waals surface area contributed by atoms with E-state index in [0.29, 0.717) is 31.0 Å². The van der Waals surface area contributed by atoms with E-state index in [9.17, 15) is 14.7 Å². The Bertz CT molecular complexity index is 844. The van der Waals surface area contributed by atoms with Crippen molar-refractivity contribution in [3.63, 3.8) is 0 Å². The van der Waals surface area contributed by atoms with Crippen LogP contribution in [0.3, 0.4) is 0 Å². The van der Waals surface area contributed by atoms with Crippen LogP contribution in [0.25, 0.3) is 0 Å². The highest BCUT2D eigenvalue weighted by Crippen LogP contribution is 2.26. The number of benzene rings is 1. The SMILES string of the molecule is N[C@@]1(Cc2ccc(Cl)cc2)CCCN(C(=O)C(CC(=O)O)Cc2cccnc2)C1. The molecule has 0 radical (unpaired) electrons. The molecule has 0 saturated carbocycles. The maximum Gasteiger partial charge on any atom is 0.304 e. The number of rotatable bonds is 7. The van der Waals surface area contributed by atoms with Crippen molar-refractivity contribution in [1.82, 2.24) is 9.88 Å². The van der Waals surface area contributed by atoms with Crippen molar-refractivity contribution in [2.75, 3.05) is 13.1 Å². The van der Waals surface area contributed by atoms with E-state index in [4.69, 9.17) is 17.3 Å². The van der Waals surface area contributed by atoms with Crippen molar-refractivity contribution in [3.8, 4) is 0 Å². The second kappa shape index (κ2) is 9.37. The molecule has 0 bridgehead atoms. The lowest BCUT2D eigenvalue weighted by Crippen LogP contribution is -2.58. The smallest absolute Gasteiger partial charge is 0.304 e. The van der Waals surface area contributed by atoms with Gasteiger partial charge in [0, 0.05) is 36.0 Å². The summed E-state index contributed by atoms with van der Waals surface area (Å²) in [5.74, 6) is -1.76. The molecule has 154 valence electrons. The van der Waals surface area contributed by atoms with Crippen LogP contribution in [0.1, 0.15) is 30.4 Å². The van der Waals surface area contributed by atoms with Crippen molar-refractivity contribution < 1.29 is 14.7 Å². The molecular formula is C22H26ClN3O3. The van der Waals surface area contributed by atoms with E-state index in [1.54, 1.807) is 23.4 Å². The average molecular weight is 416 g/mol. The van der Waals surface area contributed by atoms with E-state index in [2.05, 4.69) is 4.98 Å². The van der Waals surface area contributed by atoms with Crippen LogP contribution in [0, 0.1) is 5.92 Å². The van der Waals surface area contributed by atoms with Gasteiger partial charge in [-0.05, 0) is 55.0 Å². The van der Waals surface area contributed by atoms with Crippen LogP contribution in [-0.4, -0.2) is 45.5 Å². The molecule has 1 fully saturated rings. The zero-order chi connectivity index (χ0) is 20.9. The lowest BCUT2D eigenvalue weighted by Gasteiger charge is -2.41. The number of carboxylic acid groups (broad SMARTS) is 1. The number of carboxylic acids is 1. The number of likely N-dealkylation sites (tertiary alicyclic amines) is 1. The minimum atomic E-state index is -0.982. The molecule has 2 heterocycles. The first-order chi connectivity index (χ1) is 13.8. The summed E-state index contributed by atoms with van der Waals surface area (Å²) < 4.78 is 0. The highest BCUT2D eigenvalue weighted by molar-refractivity contribution is 6.30. The van der Waals surface area contributed by atoms with Crippen LogP contribution in [0.2, 0.25) is 5.02 Å². The molecule has 6 nitrogen and oxygen atoms in total. The van der Waals surface area contributed by atoms with Crippen LogP contribution in [0.15, 0.2) is 48.8 Å². The van der Waals surface area contributed by atoms with Crippen LogP contribution in [0.5, 0.6) is 0 Å². The zero-order valence-corrected chi connectivity index (χ0v) is 17.0. The van der Waals surface area contributed by atoms with E-state index in [1.165, 1.54) is 0 Å². The van der Waals surface area contributed by atoms with Crippen LogP contribution >= 0.6 is 11.6 Å². The second-order valence-electron chi connectivity index (χ2n) is 7.89. The number of nitrogens with two attached hydrogens (primary N) is 1. The fourth-order valence-corrected chi connectivity index (χ4v) is 4.15. The quantitative estimate of drug-likeness (QED) is 0.724. The zero-order valence-electron chi connectivity index (χ0n) is 16.3. The first-order valence-corrected chi connectivity index (χ1v) is 10.2. The first kappa shape index (κ1) is 21.3. The topological polar surface area (TPSA) is 96.5 Å². The van der Waals surface area contributed by atoms with Gasteiger partial charge in [-0.1, -0.05) is 29.8 Å². The lowest BCUT2D eigenvalue weighted by atomic mass is 9.83. The fraction of sp³-hybridized carbons (Fsp3) is 0.409. The second-order valence-corrected chi connectivity index (χ2v) is 8.33. The van der Waals surface area contributed by atoms with E-state index < -0.39 is 17.4 Å². The van der Waals surface area contributed by atoms with Crippen molar-refractivity contribution in [2.45, 2.75) is 37.6 Å². The Morgan fingerprint density at radius 2 is 2.00 bits per heavy atom. The van der Waals surface area contributed by atoms with Gasteiger partial charge in [-0.15, -0.1) is 0 Å². The number of nitrogens with zero attached hydrogens (tertiary/aromatic N) is 2.